The highest BCUT2D eigenvalue weighted by Gasteiger charge is 2.39. The highest BCUT2D eigenvalue weighted by atomic mass is 16.2. The molecule has 0 bridgehead atoms. The molecule has 4 rings (SSSR count). The molecule has 1 aromatic rings. The van der Waals surface area contributed by atoms with Gasteiger partial charge in [0.2, 0.25) is 11.8 Å². The summed E-state index contributed by atoms with van der Waals surface area (Å²) in [7, 11) is 0. The Morgan fingerprint density at radius 3 is 2.54 bits per heavy atom. The number of imide groups is 1. The molecule has 1 atom stereocenters. The second-order valence-corrected chi connectivity index (χ2v) is 8.79. The summed E-state index contributed by atoms with van der Waals surface area (Å²) in [4.78, 5) is 40.6. The number of rotatable bonds is 4. The molecule has 6 nitrogen and oxygen atoms in total. The highest BCUT2D eigenvalue weighted by Crippen LogP contribution is 2.33. The van der Waals surface area contributed by atoms with Gasteiger partial charge in [-0.3, -0.25) is 19.7 Å². The number of nitrogens with zero attached hydrogens (tertiary/aromatic N) is 2. The van der Waals surface area contributed by atoms with Crippen LogP contribution in [-0.2, 0) is 16.1 Å². The normalized spacial score (nSPS) is 24.0. The zero-order chi connectivity index (χ0) is 19.8. The van der Waals surface area contributed by atoms with Crippen LogP contribution in [0.2, 0.25) is 0 Å². The molecule has 2 saturated heterocycles. The van der Waals surface area contributed by atoms with E-state index in [-0.39, 0.29) is 24.1 Å². The van der Waals surface area contributed by atoms with Crippen LogP contribution in [0.3, 0.4) is 0 Å². The molecule has 0 radical (unpaired) electrons. The van der Waals surface area contributed by atoms with Crippen molar-refractivity contribution in [3.63, 3.8) is 0 Å². The quantitative estimate of drug-likeness (QED) is 0.810. The van der Waals surface area contributed by atoms with Gasteiger partial charge in [-0.1, -0.05) is 26.0 Å². The number of carbonyl (C=O) groups excluding carboxylic acids is 3. The summed E-state index contributed by atoms with van der Waals surface area (Å²) in [5.74, 6) is 0.531. The van der Waals surface area contributed by atoms with Gasteiger partial charge in [0.25, 0.3) is 5.91 Å². The van der Waals surface area contributed by atoms with E-state index >= 15 is 0 Å². The van der Waals surface area contributed by atoms with Crippen LogP contribution in [0.4, 0.5) is 0 Å². The van der Waals surface area contributed by atoms with Crippen molar-refractivity contribution < 1.29 is 14.4 Å². The van der Waals surface area contributed by atoms with Gasteiger partial charge in [-0.2, -0.15) is 0 Å². The molecule has 2 fully saturated rings. The Labute approximate surface area is 166 Å². The zero-order valence-electron chi connectivity index (χ0n) is 16.7. The number of nitrogens with one attached hydrogen (secondary N) is 1. The molecule has 1 unspecified atom stereocenters. The largest absolute Gasteiger partial charge is 0.322 e. The summed E-state index contributed by atoms with van der Waals surface area (Å²) in [6.07, 6.45) is 2.99. The monoisotopic (exact) mass is 383 g/mol. The van der Waals surface area contributed by atoms with Crippen molar-refractivity contribution in [2.45, 2.75) is 58.0 Å². The first-order valence-electron chi connectivity index (χ1n) is 10.4. The summed E-state index contributed by atoms with van der Waals surface area (Å²) in [5.41, 5.74) is 3.02. The van der Waals surface area contributed by atoms with E-state index in [1.165, 1.54) is 5.56 Å². The number of amides is 3. The van der Waals surface area contributed by atoms with Crippen LogP contribution >= 0.6 is 0 Å². The molecule has 3 aliphatic rings. The maximum atomic E-state index is 12.8. The van der Waals surface area contributed by atoms with Crippen LogP contribution in [0.25, 0.3) is 0 Å². The van der Waals surface area contributed by atoms with Crippen molar-refractivity contribution in [2.24, 2.45) is 5.92 Å². The topological polar surface area (TPSA) is 69.7 Å². The van der Waals surface area contributed by atoms with Gasteiger partial charge in [0.05, 0.1) is 0 Å². The first-order chi connectivity index (χ1) is 13.4. The lowest BCUT2D eigenvalue weighted by molar-refractivity contribution is -0.136. The first-order valence-corrected chi connectivity index (χ1v) is 10.4. The first kappa shape index (κ1) is 19.1. The molecule has 28 heavy (non-hydrogen) atoms. The van der Waals surface area contributed by atoms with Crippen molar-refractivity contribution in [1.29, 1.82) is 0 Å². The van der Waals surface area contributed by atoms with E-state index in [1.54, 1.807) is 4.90 Å². The van der Waals surface area contributed by atoms with Gasteiger partial charge in [0.1, 0.15) is 6.04 Å². The van der Waals surface area contributed by atoms with Gasteiger partial charge in [0.15, 0.2) is 0 Å². The second-order valence-electron chi connectivity index (χ2n) is 8.79. The molecule has 3 aliphatic heterocycles. The maximum Gasteiger partial charge on any atom is 0.255 e. The third-order valence-corrected chi connectivity index (χ3v) is 6.23. The molecule has 0 aliphatic carbocycles. The summed E-state index contributed by atoms with van der Waals surface area (Å²) >= 11 is 0. The van der Waals surface area contributed by atoms with Gasteiger partial charge >= 0.3 is 0 Å². The number of hydrogen-bond acceptors (Lipinski definition) is 4. The van der Waals surface area contributed by atoms with E-state index in [0.29, 0.717) is 30.4 Å². The van der Waals surface area contributed by atoms with Gasteiger partial charge in [0, 0.05) is 25.1 Å². The van der Waals surface area contributed by atoms with E-state index in [1.807, 2.05) is 6.07 Å². The number of hydrogen-bond donors (Lipinski definition) is 1. The Morgan fingerprint density at radius 1 is 1.11 bits per heavy atom. The van der Waals surface area contributed by atoms with Crippen LogP contribution in [-0.4, -0.2) is 53.2 Å². The standard InChI is InChI=1S/C22H29N3O3/c1-14(2)12-24-9-7-15(8-10-24)16-3-4-18-17(11-16)13-25(22(18)28)19-5-6-20(26)23-21(19)27/h3-4,11,14-15,19H,5-10,12-13H2,1-2H3,(H,23,26,27). The van der Waals surface area contributed by atoms with Crippen molar-refractivity contribution >= 4 is 17.7 Å². The maximum absolute atomic E-state index is 12.8. The third kappa shape index (κ3) is 3.70. The van der Waals surface area contributed by atoms with Gasteiger partial charge in [-0.25, -0.2) is 0 Å². The Morgan fingerprint density at radius 2 is 1.86 bits per heavy atom. The summed E-state index contributed by atoms with van der Waals surface area (Å²) in [6, 6.07) is 5.65. The predicted molar refractivity (Wildman–Crippen MR) is 106 cm³/mol. The lowest BCUT2D eigenvalue weighted by Crippen LogP contribution is -2.52. The van der Waals surface area contributed by atoms with Crippen molar-refractivity contribution in [3.8, 4) is 0 Å². The molecule has 1 N–H and O–H groups in total. The SMILES string of the molecule is CC(C)CN1CCC(c2ccc3c(c2)CN(C2CCC(=O)NC2=O)C3=O)CC1. The van der Waals surface area contributed by atoms with Crippen molar-refractivity contribution in [2.75, 3.05) is 19.6 Å². The van der Waals surface area contributed by atoms with Crippen LogP contribution in [0.1, 0.15) is 66.9 Å². The van der Waals surface area contributed by atoms with Gasteiger partial charge in [-0.05, 0) is 61.4 Å². The van der Waals surface area contributed by atoms with E-state index in [4.69, 9.17) is 0 Å². The molecule has 3 amide bonds. The lowest BCUT2D eigenvalue weighted by Gasteiger charge is -2.33. The minimum absolute atomic E-state index is 0.0946. The van der Waals surface area contributed by atoms with Gasteiger partial charge in [-0.15, -0.1) is 0 Å². The van der Waals surface area contributed by atoms with E-state index < -0.39 is 6.04 Å². The van der Waals surface area contributed by atoms with Crippen LogP contribution in [0.5, 0.6) is 0 Å². The number of carbonyl (C=O) groups is 3. The lowest BCUT2D eigenvalue weighted by atomic mass is 9.87. The Hall–Kier alpha value is -2.21. The van der Waals surface area contributed by atoms with Crippen molar-refractivity contribution in [1.82, 2.24) is 15.1 Å². The molecule has 150 valence electrons. The van der Waals surface area contributed by atoms with E-state index in [2.05, 4.69) is 36.2 Å². The summed E-state index contributed by atoms with van der Waals surface area (Å²) in [5, 5.41) is 2.36. The minimum atomic E-state index is -0.541. The summed E-state index contributed by atoms with van der Waals surface area (Å²) < 4.78 is 0. The Bertz CT molecular complexity index is 796. The molecule has 3 heterocycles. The van der Waals surface area contributed by atoms with Crippen molar-refractivity contribution in [3.05, 3.63) is 34.9 Å². The third-order valence-electron chi connectivity index (χ3n) is 6.23. The molecule has 0 saturated carbocycles. The fourth-order valence-electron chi connectivity index (χ4n) is 4.81. The Kier molecular flexibility index (Phi) is 5.23. The predicted octanol–water partition coefficient (Wildman–Crippen LogP) is 2.28. The fraction of sp³-hybridized carbons (Fsp3) is 0.591. The van der Waals surface area contributed by atoms with Gasteiger partial charge < -0.3 is 9.80 Å². The van der Waals surface area contributed by atoms with E-state index in [0.717, 1.165) is 38.0 Å². The number of benzene rings is 1. The average molecular weight is 383 g/mol. The van der Waals surface area contributed by atoms with Crippen LogP contribution < -0.4 is 5.32 Å². The number of fused-ring (bicyclic) bond motifs is 1. The second kappa shape index (κ2) is 7.66. The molecular formula is C22H29N3O3. The Balaban J connectivity index is 1.44. The molecule has 0 aromatic heterocycles. The average Bonchev–Trinajstić information content (AvgIpc) is 2.98. The molecule has 6 heteroatoms. The van der Waals surface area contributed by atoms with E-state index in [9.17, 15) is 14.4 Å². The number of piperidine rings is 2. The highest BCUT2D eigenvalue weighted by molar-refractivity contribution is 6.05. The van der Waals surface area contributed by atoms with Crippen LogP contribution in [0, 0.1) is 5.92 Å². The molecule has 1 aromatic carbocycles. The molecule has 0 spiro atoms. The number of likely N-dealkylation sites (tertiary alicyclic amines) is 1. The fourth-order valence-corrected chi connectivity index (χ4v) is 4.81. The minimum Gasteiger partial charge on any atom is -0.322 e. The summed E-state index contributed by atoms with van der Waals surface area (Å²) in [6.45, 7) is 8.39. The smallest absolute Gasteiger partial charge is 0.255 e. The molecular weight excluding hydrogens is 354 g/mol. The zero-order valence-corrected chi connectivity index (χ0v) is 16.7. The van der Waals surface area contributed by atoms with Crippen LogP contribution in [0.15, 0.2) is 18.2 Å².